The second kappa shape index (κ2) is 10.2. The molecule has 0 unspecified atom stereocenters. The van der Waals surface area contributed by atoms with Gasteiger partial charge in [0.25, 0.3) is 10.0 Å². The Morgan fingerprint density at radius 3 is 2.24 bits per heavy atom. The molecule has 0 saturated heterocycles. The molecule has 0 atom stereocenters. The van der Waals surface area contributed by atoms with Gasteiger partial charge < -0.3 is 5.32 Å². The molecule has 1 N–H and O–H groups in total. The lowest BCUT2D eigenvalue weighted by molar-refractivity contribution is -0.114. The Morgan fingerprint density at radius 2 is 1.54 bits per heavy atom. The minimum absolute atomic E-state index is 0.124. The van der Waals surface area contributed by atoms with Crippen LogP contribution in [-0.4, -0.2) is 25.9 Å². The molecular weight excluding hydrogens is 502 g/mol. The minimum Gasteiger partial charge on any atom is -0.325 e. The molecule has 1 amide bonds. The van der Waals surface area contributed by atoms with Gasteiger partial charge in [0.15, 0.2) is 0 Å². The molecule has 0 fully saturated rings. The van der Waals surface area contributed by atoms with Gasteiger partial charge in [-0.15, -0.1) is 11.3 Å². The fourth-order valence-electron chi connectivity index (χ4n) is 3.93. The van der Waals surface area contributed by atoms with Crippen LogP contribution >= 0.6 is 11.3 Å². The zero-order chi connectivity index (χ0) is 26.0. The van der Waals surface area contributed by atoms with Gasteiger partial charge in [-0.25, -0.2) is 13.4 Å². The number of carbonyl (C=O) groups excluding carboxylic acids is 1. The number of sulfonamides is 1. The van der Waals surface area contributed by atoms with Crippen LogP contribution in [0.15, 0.2) is 102 Å². The summed E-state index contributed by atoms with van der Waals surface area (Å²) in [5.41, 5.74) is 5.09. The summed E-state index contributed by atoms with van der Waals surface area (Å²) < 4.78 is 29.1. The van der Waals surface area contributed by atoms with Gasteiger partial charge in [-0.2, -0.15) is 0 Å². The van der Waals surface area contributed by atoms with Crippen LogP contribution in [0.3, 0.4) is 0 Å². The number of aryl methyl sites for hydroxylation is 2. The molecule has 0 aliphatic carbocycles. The van der Waals surface area contributed by atoms with Crippen LogP contribution in [0.4, 0.5) is 11.4 Å². The van der Waals surface area contributed by atoms with Crippen LogP contribution < -0.4 is 9.62 Å². The summed E-state index contributed by atoms with van der Waals surface area (Å²) in [5, 5.41) is 3.73. The summed E-state index contributed by atoms with van der Waals surface area (Å²) in [5.74, 6) is -0.441. The lowest BCUT2D eigenvalue weighted by atomic mass is 10.2. The van der Waals surface area contributed by atoms with Crippen molar-refractivity contribution in [3.8, 4) is 10.6 Å². The molecule has 0 radical (unpaired) electrons. The number of benzene rings is 4. The molecule has 0 aliphatic rings. The standard InChI is InChI=1S/C29H25N3O3S2/c1-20-8-15-24(16-9-20)32(37(34,35)25-6-4-3-5-7-25)19-28(33)30-23-13-11-22(12-14-23)29-31-26-17-10-21(2)18-27(26)36-29/h3-18H,19H2,1-2H3,(H,30,33). The first-order valence-electron chi connectivity index (χ1n) is 11.7. The van der Waals surface area contributed by atoms with Crippen LogP contribution in [0.2, 0.25) is 0 Å². The van der Waals surface area contributed by atoms with Crippen molar-refractivity contribution in [3.63, 3.8) is 0 Å². The van der Waals surface area contributed by atoms with Crippen LogP contribution in [-0.2, 0) is 14.8 Å². The third-order valence-corrected chi connectivity index (χ3v) is 8.76. The van der Waals surface area contributed by atoms with E-state index in [-0.39, 0.29) is 11.4 Å². The highest BCUT2D eigenvalue weighted by molar-refractivity contribution is 7.92. The molecule has 1 aromatic heterocycles. The molecule has 6 nitrogen and oxygen atoms in total. The predicted molar refractivity (Wildman–Crippen MR) is 151 cm³/mol. The van der Waals surface area contributed by atoms with E-state index in [1.807, 2.05) is 43.3 Å². The Balaban J connectivity index is 1.36. The predicted octanol–water partition coefficient (Wildman–Crippen LogP) is 6.41. The van der Waals surface area contributed by atoms with Crippen molar-refractivity contribution in [2.24, 2.45) is 0 Å². The largest absolute Gasteiger partial charge is 0.325 e. The molecule has 0 saturated carbocycles. The second-order valence-electron chi connectivity index (χ2n) is 8.78. The van der Waals surface area contributed by atoms with Crippen LogP contribution in [0.25, 0.3) is 20.8 Å². The molecular formula is C29H25N3O3S2. The van der Waals surface area contributed by atoms with Crippen molar-refractivity contribution in [3.05, 3.63) is 108 Å². The maximum Gasteiger partial charge on any atom is 0.264 e. The molecule has 37 heavy (non-hydrogen) atoms. The Morgan fingerprint density at radius 1 is 0.865 bits per heavy atom. The van der Waals surface area contributed by atoms with Crippen LogP contribution in [0.5, 0.6) is 0 Å². The summed E-state index contributed by atoms with van der Waals surface area (Å²) in [6.07, 6.45) is 0. The minimum atomic E-state index is -3.95. The van der Waals surface area contributed by atoms with Gasteiger partial charge >= 0.3 is 0 Å². The van der Waals surface area contributed by atoms with E-state index in [0.717, 1.165) is 30.7 Å². The summed E-state index contributed by atoms with van der Waals surface area (Å²) >= 11 is 1.62. The van der Waals surface area contributed by atoms with E-state index in [0.29, 0.717) is 11.4 Å². The molecule has 0 aliphatic heterocycles. The van der Waals surface area contributed by atoms with Crippen LogP contribution in [0.1, 0.15) is 11.1 Å². The van der Waals surface area contributed by atoms with E-state index in [1.54, 1.807) is 53.8 Å². The zero-order valence-electron chi connectivity index (χ0n) is 20.4. The molecule has 5 aromatic rings. The Kier molecular flexibility index (Phi) is 6.78. The second-order valence-corrected chi connectivity index (χ2v) is 11.7. The van der Waals surface area contributed by atoms with E-state index in [4.69, 9.17) is 4.98 Å². The molecule has 186 valence electrons. The van der Waals surface area contributed by atoms with E-state index in [9.17, 15) is 13.2 Å². The molecule has 5 rings (SSSR count). The van der Waals surface area contributed by atoms with Crippen molar-refractivity contribution in [2.45, 2.75) is 18.7 Å². The SMILES string of the molecule is Cc1ccc(N(CC(=O)Nc2ccc(-c3nc4ccc(C)cc4s3)cc2)S(=O)(=O)c2ccccc2)cc1. The Bertz CT molecular complexity index is 1660. The Hall–Kier alpha value is -4.01. The first kappa shape index (κ1) is 24.7. The lowest BCUT2D eigenvalue weighted by Gasteiger charge is -2.24. The smallest absolute Gasteiger partial charge is 0.264 e. The molecule has 4 aromatic carbocycles. The fourth-order valence-corrected chi connectivity index (χ4v) is 6.44. The van der Waals surface area contributed by atoms with Gasteiger partial charge in [0.1, 0.15) is 11.6 Å². The molecule has 8 heteroatoms. The van der Waals surface area contributed by atoms with Crippen molar-refractivity contribution in [2.75, 3.05) is 16.2 Å². The summed E-state index contributed by atoms with van der Waals surface area (Å²) in [6.45, 7) is 3.62. The number of fused-ring (bicyclic) bond motifs is 1. The average molecular weight is 528 g/mol. The highest BCUT2D eigenvalue weighted by atomic mass is 32.2. The quantitative estimate of drug-likeness (QED) is 0.265. The summed E-state index contributed by atoms with van der Waals surface area (Å²) in [4.78, 5) is 17.8. The number of aromatic nitrogens is 1. The fraction of sp³-hybridized carbons (Fsp3) is 0.103. The van der Waals surface area contributed by atoms with Gasteiger partial charge in [0.05, 0.1) is 20.8 Å². The van der Waals surface area contributed by atoms with E-state index in [2.05, 4.69) is 18.3 Å². The highest BCUT2D eigenvalue weighted by Crippen LogP contribution is 2.31. The number of hydrogen-bond donors (Lipinski definition) is 1. The highest BCUT2D eigenvalue weighted by Gasteiger charge is 2.27. The van der Waals surface area contributed by atoms with Crippen molar-refractivity contribution < 1.29 is 13.2 Å². The number of nitrogens with zero attached hydrogens (tertiary/aromatic N) is 2. The van der Waals surface area contributed by atoms with Crippen molar-refractivity contribution in [1.82, 2.24) is 4.98 Å². The number of carbonyl (C=O) groups is 1. The van der Waals surface area contributed by atoms with E-state index < -0.39 is 15.9 Å². The summed E-state index contributed by atoms with van der Waals surface area (Å²) in [6, 6.07) is 28.8. The number of thiazole rings is 1. The van der Waals surface area contributed by atoms with Gasteiger partial charge in [0.2, 0.25) is 5.91 Å². The van der Waals surface area contributed by atoms with Gasteiger partial charge in [-0.1, -0.05) is 42.0 Å². The first-order valence-corrected chi connectivity index (χ1v) is 14.0. The number of amides is 1. The monoisotopic (exact) mass is 527 g/mol. The van der Waals surface area contributed by atoms with Gasteiger partial charge in [-0.05, 0) is 80.1 Å². The Labute approximate surface area is 220 Å². The third kappa shape index (κ3) is 5.40. The van der Waals surface area contributed by atoms with Crippen LogP contribution in [0, 0.1) is 13.8 Å². The summed E-state index contributed by atoms with van der Waals surface area (Å²) in [7, 11) is -3.95. The van der Waals surface area contributed by atoms with Crippen molar-refractivity contribution >= 4 is 48.9 Å². The molecule has 0 spiro atoms. The van der Waals surface area contributed by atoms with Gasteiger partial charge in [0, 0.05) is 11.3 Å². The zero-order valence-corrected chi connectivity index (χ0v) is 22.0. The average Bonchev–Trinajstić information content (AvgIpc) is 3.32. The first-order chi connectivity index (χ1) is 17.8. The molecule has 1 heterocycles. The normalized spacial score (nSPS) is 11.4. The number of hydrogen-bond acceptors (Lipinski definition) is 5. The third-order valence-electron chi connectivity index (χ3n) is 5.90. The van der Waals surface area contributed by atoms with Crippen molar-refractivity contribution in [1.29, 1.82) is 0 Å². The van der Waals surface area contributed by atoms with E-state index in [1.165, 1.54) is 17.7 Å². The van der Waals surface area contributed by atoms with Gasteiger partial charge in [-0.3, -0.25) is 9.10 Å². The maximum atomic E-state index is 13.4. The lowest BCUT2D eigenvalue weighted by Crippen LogP contribution is -2.38. The molecule has 0 bridgehead atoms. The number of anilines is 2. The maximum absolute atomic E-state index is 13.4. The van der Waals surface area contributed by atoms with E-state index >= 15 is 0 Å². The number of nitrogens with one attached hydrogen (secondary N) is 1. The topological polar surface area (TPSA) is 79.4 Å². The number of rotatable bonds is 7.